The summed E-state index contributed by atoms with van der Waals surface area (Å²) in [6.45, 7) is -0.0630. The normalized spacial score (nSPS) is 12.8. The van der Waals surface area contributed by atoms with Crippen LogP contribution < -0.4 is 27.8 Å². The average Bonchev–Trinajstić information content (AvgIpc) is 2.52. The lowest BCUT2D eigenvalue weighted by atomic mass is 10.1. The maximum absolute atomic E-state index is 11.7. The minimum absolute atomic E-state index is 0.0774. The monoisotopic (exact) mass is 362 g/mol. The van der Waals surface area contributed by atoms with Crippen molar-refractivity contribution in [1.82, 2.24) is 10.6 Å². The van der Waals surface area contributed by atoms with Crippen molar-refractivity contribution in [3.05, 3.63) is 0 Å². The van der Waals surface area contributed by atoms with Crippen LogP contribution in [0.15, 0.2) is 4.99 Å². The lowest BCUT2D eigenvalue weighted by Crippen LogP contribution is -2.48. The standard InChI is InChI=1S/C13H26N6O4S/c1-24-6-4-8(14)11(21)18-7-10(20)19-9(12(22)23)3-2-5-17-13(15)16/h8-9H,2-7,14H2,1H3,(H,18,21)(H,19,20)(H,22,23)(H4,15,16,17)/t8-,9-/m0/s1. The second-order valence-electron chi connectivity index (χ2n) is 5.01. The van der Waals surface area contributed by atoms with E-state index in [1.165, 1.54) is 0 Å². The molecule has 0 bridgehead atoms. The minimum atomic E-state index is -1.17. The Morgan fingerprint density at radius 3 is 2.46 bits per heavy atom. The van der Waals surface area contributed by atoms with E-state index in [0.29, 0.717) is 12.8 Å². The molecule has 0 spiro atoms. The Morgan fingerprint density at radius 1 is 1.25 bits per heavy atom. The first-order valence-corrected chi connectivity index (χ1v) is 8.77. The van der Waals surface area contributed by atoms with Gasteiger partial charge in [0.2, 0.25) is 11.8 Å². The number of aliphatic carboxylic acids is 1. The molecule has 9 N–H and O–H groups in total. The Balaban J connectivity index is 4.21. The first-order chi connectivity index (χ1) is 11.3. The molecule has 0 fully saturated rings. The van der Waals surface area contributed by atoms with E-state index in [1.54, 1.807) is 11.8 Å². The Labute approximate surface area is 145 Å². The van der Waals surface area contributed by atoms with Gasteiger partial charge in [0, 0.05) is 6.54 Å². The van der Waals surface area contributed by atoms with E-state index in [1.807, 2.05) is 6.26 Å². The number of nitrogens with one attached hydrogen (secondary N) is 2. The highest BCUT2D eigenvalue weighted by atomic mass is 32.2. The van der Waals surface area contributed by atoms with E-state index in [2.05, 4.69) is 15.6 Å². The zero-order valence-corrected chi connectivity index (χ0v) is 14.5. The molecule has 11 heteroatoms. The third-order valence-electron chi connectivity index (χ3n) is 2.97. The lowest BCUT2D eigenvalue weighted by Gasteiger charge is -2.15. The SMILES string of the molecule is CSCC[C@H](N)C(=O)NCC(=O)N[C@@H](CCCN=C(N)N)C(=O)O. The molecule has 0 aliphatic rings. The number of thioether (sulfide) groups is 1. The van der Waals surface area contributed by atoms with Crippen molar-refractivity contribution in [3.63, 3.8) is 0 Å². The molecule has 0 radical (unpaired) electrons. The van der Waals surface area contributed by atoms with Gasteiger partial charge in [-0.15, -0.1) is 0 Å². The topological polar surface area (TPSA) is 186 Å². The molecule has 2 amide bonds. The van der Waals surface area contributed by atoms with E-state index in [0.717, 1.165) is 5.75 Å². The molecule has 0 aliphatic carbocycles. The summed E-state index contributed by atoms with van der Waals surface area (Å²) in [4.78, 5) is 38.3. The second-order valence-corrected chi connectivity index (χ2v) is 6.00. The molecule has 0 rings (SSSR count). The van der Waals surface area contributed by atoms with Crippen LogP contribution >= 0.6 is 11.8 Å². The number of nitrogens with two attached hydrogens (primary N) is 3. The summed E-state index contributed by atoms with van der Waals surface area (Å²) in [7, 11) is 0. The molecule has 24 heavy (non-hydrogen) atoms. The number of guanidine groups is 1. The number of carboxylic acids is 1. The summed E-state index contributed by atoms with van der Waals surface area (Å²) in [5.41, 5.74) is 16.0. The Kier molecular flexibility index (Phi) is 11.4. The van der Waals surface area contributed by atoms with Crippen molar-refractivity contribution < 1.29 is 19.5 Å². The van der Waals surface area contributed by atoms with Crippen LogP contribution in [0.1, 0.15) is 19.3 Å². The molecule has 0 aromatic carbocycles. The Hall–Kier alpha value is -2.01. The van der Waals surface area contributed by atoms with Crippen molar-refractivity contribution >= 4 is 35.5 Å². The van der Waals surface area contributed by atoms with Crippen LogP contribution in [0.25, 0.3) is 0 Å². The number of amides is 2. The number of carbonyl (C=O) groups is 3. The van der Waals surface area contributed by atoms with Gasteiger partial charge in [0.15, 0.2) is 5.96 Å². The zero-order valence-electron chi connectivity index (χ0n) is 13.7. The minimum Gasteiger partial charge on any atom is -0.480 e. The fraction of sp³-hybridized carbons (Fsp3) is 0.692. The van der Waals surface area contributed by atoms with Gasteiger partial charge in [0.05, 0.1) is 12.6 Å². The molecule has 0 heterocycles. The van der Waals surface area contributed by atoms with E-state index in [9.17, 15) is 14.4 Å². The summed E-state index contributed by atoms with van der Waals surface area (Å²) >= 11 is 1.57. The van der Waals surface area contributed by atoms with Gasteiger partial charge in [-0.05, 0) is 31.3 Å². The molecule has 0 saturated heterocycles. The maximum Gasteiger partial charge on any atom is 0.326 e. The van der Waals surface area contributed by atoms with Crippen LogP contribution in [0.3, 0.4) is 0 Å². The van der Waals surface area contributed by atoms with Crippen molar-refractivity contribution in [2.24, 2.45) is 22.2 Å². The number of carbonyl (C=O) groups excluding carboxylic acids is 2. The number of hydrogen-bond donors (Lipinski definition) is 6. The molecule has 2 atom stereocenters. The molecule has 0 aromatic rings. The quantitative estimate of drug-likeness (QED) is 0.128. The van der Waals surface area contributed by atoms with Crippen molar-refractivity contribution in [1.29, 1.82) is 0 Å². The van der Waals surface area contributed by atoms with E-state index in [-0.39, 0.29) is 25.5 Å². The average molecular weight is 362 g/mol. The maximum atomic E-state index is 11.7. The lowest BCUT2D eigenvalue weighted by molar-refractivity contribution is -0.141. The van der Waals surface area contributed by atoms with Gasteiger partial charge in [-0.2, -0.15) is 11.8 Å². The van der Waals surface area contributed by atoms with Gasteiger partial charge in [-0.3, -0.25) is 14.6 Å². The first-order valence-electron chi connectivity index (χ1n) is 7.37. The van der Waals surface area contributed by atoms with Gasteiger partial charge in [-0.25, -0.2) is 4.79 Å². The highest BCUT2D eigenvalue weighted by Crippen LogP contribution is 1.99. The van der Waals surface area contributed by atoms with E-state index < -0.39 is 29.9 Å². The number of aliphatic imine (C=N–C) groups is 1. The van der Waals surface area contributed by atoms with Gasteiger partial charge in [-0.1, -0.05) is 0 Å². The third kappa shape index (κ3) is 10.7. The van der Waals surface area contributed by atoms with Crippen LogP contribution in [0.2, 0.25) is 0 Å². The van der Waals surface area contributed by atoms with Crippen molar-refractivity contribution in [2.75, 3.05) is 25.1 Å². The van der Waals surface area contributed by atoms with Crippen LogP contribution in [0, 0.1) is 0 Å². The summed E-state index contributed by atoms with van der Waals surface area (Å²) in [5.74, 6) is -1.56. The zero-order chi connectivity index (χ0) is 18.5. The van der Waals surface area contributed by atoms with Gasteiger partial charge < -0.3 is 32.9 Å². The van der Waals surface area contributed by atoms with Crippen LogP contribution in [-0.4, -0.2) is 66.0 Å². The first kappa shape index (κ1) is 22.0. The fourth-order valence-corrected chi connectivity index (χ4v) is 2.17. The fourth-order valence-electron chi connectivity index (χ4n) is 1.68. The smallest absolute Gasteiger partial charge is 0.326 e. The summed E-state index contributed by atoms with van der Waals surface area (Å²) in [6.07, 6.45) is 2.95. The van der Waals surface area contributed by atoms with Crippen LogP contribution in [0.4, 0.5) is 0 Å². The molecule has 0 unspecified atom stereocenters. The number of nitrogens with zero attached hydrogens (tertiary/aromatic N) is 1. The summed E-state index contributed by atoms with van der Waals surface area (Å²) in [5, 5.41) is 13.8. The van der Waals surface area contributed by atoms with Gasteiger partial charge in [0.25, 0.3) is 0 Å². The Morgan fingerprint density at radius 2 is 1.92 bits per heavy atom. The summed E-state index contributed by atoms with van der Waals surface area (Å²) in [6, 6.07) is -1.77. The Bertz CT molecular complexity index is 456. The molecule has 0 aliphatic heterocycles. The second kappa shape index (κ2) is 12.4. The van der Waals surface area contributed by atoms with Crippen LogP contribution in [-0.2, 0) is 14.4 Å². The number of rotatable bonds is 12. The molecular formula is C13H26N6O4S. The summed E-state index contributed by atoms with van der Waals surface area (Å²) < 4.78 is 0. The van der Waals surface area contributed by atoms with Crippen molar-refractivity contribution in [3.8, 4) is 0 Å². The van der Waals surface area contributed by atoms with E-state index in [4.69, 9.17) is 22.3 Å². The van der Waals surface area contributed by atoms with E-state index >= 15 is 0 Å². The predicted octanol–water partition coefficient (Wildman–Crippen LogP) is -2.19. The highest BCUT2D eigenvalue weighted by Gasteiger charge is 2.20. The molecular weight excluding hydrogens is 336 g/mol. The van der Waals surface area contributed by atoms with Crippen molar-refractivity contribution in [2.45, 2.75) is 31.3 Å². The molecule has 0 aromatic heterocycles. The number of carboxylic acid groups (broad SMARTS) is 1. The van der Waals surface area contributed by atoms with Crippen LogP contribution in [0.5, 0.6) is 0 Å². The third-order valence-corrected chi connectivity index (χ3v) is 3.62. The molecule has 138 valence electrons. The largest absolute Gasteiger partial charge is 0.480 e. The van der Waals surface area contributed by atoms with Gasteiger partial charge in [0.1, 0.15) is 6.04 Å². The molecule has 0 saturated carbocycles. The number of hydrogen-bond acceptors (Lipinski definition) is 6. The highest BCUT2D eigenvalue weighted by molar-refractivity contribution is 7.98. The molecule has 10 nitrogen and oxygen atoms in total. The predicted molar refractivity (Wildman–Crippen MR) is 93.5 cm³/mol. The van der Waals surface area contributed by atoms with Gasteiger partial charge >= 0.3 is 5.97 Å².